The van der Waals surface area contributed by atoms with Crippen molar-refractivity contribution in [2.24, 2.45) is 0 Å². The molecule has 0 radical (unpaired) electrons. The zero-order valence-electron chi connectivity index (χ0n) is 11.5. The third kappa shape index (κ3) is 3.64. The number of hydrogen-bond donors (Lipinski definition) is 0. The van der Waals surface area contributed by atoms with Crippen LogP contribution in [-0.2, 0) is 25.8 Å². The van der Waals surface area contributed by atoms with Crippen molar-refractivity contribution in [2.45, 2.75) is 18.8 Å². The van der Waals surface area contributed by atoms with Crippen molar-refractivity contribution in [1.29, 1.82) is 0 Å². The van der Waals surface area contributed by atoms with Gasteiger partial charge in [0.25, 0.3) is 0 Å². The summed E-state index contributed by atoms with van der Waals surface area (Å²) in [6, 6.07) is 22.1. The van der Waals surface area contributed by atoms with Gasteiger partial charge in [-0.1, -0.05) is 42.0 Å². The average molecular weight is 481 g/mol. The molecule has 108 valence electrons. The predicted octanol–water partition coefficient (Wildman–Crippen LogP) is -0.891. The summed E-state index contributed by atoms with van der Waals surface area (Å²) in [5, 5.41) is 2.80. The van der Waals surface area contributed by atoms with Crippen molar-refractivity contribution in [3.8, 4) is 11.1 Å². The minimum absolute atomic E-state index is 0. The molecule has 1 aliphatic rings. The van der Waals surface area contributed by atoms with Crippen LogP contribution in [0.4, 0.5) is 0 Å². The molecule has 0 aromatic heterocycles. The summed E-state index contributed by atoms with van der Waals surface area (Å²) >= 11 is 0. The molecule has 1 fully saturated rings. The number of fused-ring (bicyclic) bond motifs is 1. The topological polar surface area (TPSA) is 0 Å². The third-order valence-electron chi connectivity index (χ3n) is 3.91. The minimum Gasteiger partial charge on any atom is -1.00 e. The maximum absolute atomic E-state index is 2.40. The molecular formula is C18H15Cl2Hf-3. The van der Waals surface area contributed by atoms with E-state index in [4.69, 9.17) is 0 Å². The van der Waals surface area contributed by atoms with Crippen LogP contribution >= 0.6 is 0 Å². The van der Waals surface area contributed by atoms with E-state index in [0.29, 0.717) is 0 Å². The van der Waals surface area contributed by atoms with Gasteiger partial charge < -0.3 is 24.8 Å². The van der Waals surface area contributed by atoms with Crippen LogP contribution in [-0.4, -0.2) is 0 Å². The molecule has 0 amide bonds. The molecule has 0 aliphatic heterocycles. The molecule has 0 saturated heterocycles. The Morgan fingerprint density at radius 3 is 2.24 bits per heavy atom. The van der Waals surface area contributed by atoms with Gasteiger partial charge in [-0.15, -0.1) is 34.5 Å². The number of benzene rings is 2. The summed E-state index contributed by atoms with van der Waals surface area (Å²) in [5.41, 5.74) is 4.21. The largest absolute Gasteiger partial charge is 1.00 e. The summed E-state index contributed by atoms with van der Waals surface area (Å²) < 4.78 is 0. The van der Waals surface area contributed by atoms with E-state index in [9.17, 15) is 0 Å². The van der Waals surface area contributed by atoms with E-state index in [1.54, 1.807) is 0 Å². The van der Waals surface area contributed by atoms with E-state index in [2.05, 4.69) is 60.7 Å². The first-order valence-electron chi connectivity index (χ1n) is 6.66. The second-order valence-electron chi connectivity index (χ2n) is 5.24. The smallest absolute Gasteiger partial charge is 0 e. The van der Waals surface area contributed by atoms with E-state index >= 15 is 0 Å². The van der Waals surface area contributed by atoms with E-state index in [-0.39, 0.29) is 50.7 Å². The molecule has 3 aromatic rings. The van der Waals surface area contributed by atoms with Gasteiger partial charge in [-0.3, -0.25) is 0 Å². The Bertz CT molecular complexity index is 700. The molecular weight excluding hydrogens is 466 g/mol. The van der Waals surface area contributed by atoms with E-state index in [0.717, 1.165) is 5.92 Å². The fourth-order valence-electron chi connectivity index (χ4n) is 2.78. The normalized spacial score (nSPS) is 13.0. The van der Waals surface area contributed by atoms with Crippen molar-refractivity contribution < 1.29 is 50.7 Å². The Morgan fingerprint density at radius 1 is 0.857 bits per heavy atom. The van der Waals surface area contributed by atoms with Gasteiger partial charge in [0.2, 0.25) is 0 Å². The van der Waals surface area contributed by atoms with Gasteiger partial charge in [0.15, 0.2) is 0 Å². The molecule has 0 atom stereocenters. The molecule has 3 heteroatoms. The van der Waals surface area contributed by atoms with Crippen LogP contribution in [0.3, 0.4) is 0 Å². The minimum atomic E-state index is 0. The summed E-state index contributed by atoms with van der Waals surface area (Å²) in [6.45, 7) is 0. The molecule has 0 bridgehead atoms. The zero-order chi connectivity index (χ0) is 11.9. The Morgan fingerprint density at radius 2 is 1.57 bits per heavy atom. The van der Waals surface area contributed by atoms with Crippen molar-refractivity contribution in [2.75, 3.05) is 0 Å². The summed E-state index contributed by atoms with van der Waals surface area (Å²) in [5.74, 6) is 0.834. The molecule has 1 saturated carbocycles. The van der Waals surface area contributed by atoms with E-state index in [1.807, 2.05) is 0 Å². The van der Waals surface area contributed by atoms with Gasteiger partial charge >= 0.3 is 0 Å². The van der Waals surface area contributed by atoms with Crippen LogP contribution in [0, 0.1) is 0 Å². The first-order valence-corrected chi connectivity index (χ1v) is 6.66. The first-order chi connectivity index (χ1) is 8.92. The van der Waals surface area contributed by atoms with Crippen molar-refractivity contribution >= 4 is 10.8 Å². The van der Waals surface area contributed by atoms with Gasteiger partial charge in [0.05, 0.1) is 0 Å². The van der Waals surface area contributed by atoms with Crippen LogP contribution in [0.1, 0.15) is 24.3 Å². The predicted molar refractivity (Wildman–Crippen MR) is 77.0 cm³/mol. The Balaban J connectivity index is 0.000000735. The second-order valence-corrected chi connectivity index (χ2v) is 5.24. The Labute approximate surface area is 156 Å². The van der Waals surface area contributed by atoms with Crippen molar-refractivity contribution in [1.82, 2.24) is 0 Å². The molecule has 1 aliphatic carbocycles. The van der Waals surface area contributed by atoms with Crippen LogP contribution in [0.15, 0.2) is 60.7 Å². The summed E-state index contributed by atoms with van der Waals surface area (Å²) in [6.07, 6.45) is 2.74. The molecule has 4 rings (SSSR count). The molecule has 3 aromatic carbocycles. The molecule has 0 unspecified atom stereocenters. The first kappa shape index (κ1) is 18.5. The van der Waals surface area contributed by atoms with Crippen LogP contribution in [0.2, 0.25) is 0 Å². The molecule has 0 heterocycles. The van der Waals surface area contributed by atoms with Crippen LogP contribution in [0.5, 0.6) is 0 Å². The fourth-order valence-corrected chi connectivity index (χ4v) is 2.78. The SMILES string of the molecule is [Cl-].[Cl-].[Hf].c1ccc(-c2cccc3[cH-]c(C4CC4)cc23)cc1. The third-order valence-corrected chi connectivity index (χ3v) is 3.91. The van der Waals surface area contributed by atoms with Gasteiger partial charge in [0.1, 0.15) is 0 Å². The summed E-state index contributed by atoms with van der Waals surface area (Å²) in [7, 11) is 0. The Kier molecular flexibility index (Phi) is 6.77. The molecule has 0 nitrogen and oxygen atoms in total. The number of hydrogen-bond acceptors (Lipinski definition) is 0. The molecule has 21 heavy (non-hydrogen) atoms. The standard InChI is InChI=1S/C18H15.2ClH.Hf/c1-2-5-14(6-3-1)17-8-4-7-15-11-16(12-18(15)17)13-9-10-13;;;/h1-8,11-13H,9-10H2;2*1H;/q-1;;;/p-2. The van der Waals surface area contributed by atoms with Crippen LogP contribution < -0.4 is 24.8 Å². The average Bonchev–Trinajstić information content (AvgIpc) is 3.18. The zero-order valence-corrected chi connectivity index (χ0v) is 16.6. The van der Waals surface area contributed by atoms with Gasteiger partial charge in [-0.2, -0.15) is 6.07 Å². The Hall–Kier alpha value is -0.500. The van der Waals surface area contributed by atoms with E-state index < -0.39 is 0 Å². The van der Waals surface area contributed by atoms with E-state index in [1.165, 1.54) is 40.3 Å². The van der Waals surface area contributed by atoms with Crippen LogP contribution in [0.25, 0.3) is 21.9 Å². The summed E-state index contributed by atoms with van der Waals surface area (Å²) in [4.78, 5) is 0. The van der Waals surface area contributed by atoms with Crippen molar-refractivity contribution in [3.63, 3.8) is 0 Å². The number of halogens is 2. The fraction of sp³-hybridized carbons (Fsp3) is 0.167. The second kappa shape index (κ2) is 7.67. The van der Waals surface area contributed by atoms with Gasteiger partial charge in [0, 0.05) is 25.8 Å². The van der Waals surface area contributed by atoms with Gasteiger partial charge in [-0.25, -0.2) is 0 Å². The maximum atomic E-state index is 2.40. The molecule has 0 spiro atoms. The maximum Gasteiger partial charge on any atom is 0 e. The number of rotatable bonds is 2. The monoisotopic (exact) mass is 481 g/mol. The van der Waals surface area contributed by atoms with Gasteiger partial charge in [-0.05, 0) is 24.3 Å². The quantitative estimate of drug-likeness (QED) is 0.330. The molecule has 0 N–H and O–H groups in total. The van der Waals surface area contributed by atoms with Crippen molar-refractivity contribution in [3.05, 3.63) is 66.2 Å².